The third-order valence-corrected chi connectivity index (χ3v) is 1.65. The normalized spacial score (nSPS) is 16.3. The molecule has 0 aliphatic carbocycles. The van der Waals surface area contributed by atoms with E-state index in [1.54, 1.807) is 0 Å². The molecule has 14 heavy (non-hydrogen) atoms. The summed E-state index contributed by atoms with van der Waals surface area (Å²) in [6, 6.07) is 0. The van der Waals surface area contributed by atoms with E-state index in [4.69, 9.17) is 14.2 Å². The number of hydrogen-bond acceptors (Lipinski definition) is 4. The Bertz CT molecular complexity index is 90.0. The highest BCUT2D eigenvalue weighted by atomic mass is 16.7. The summed E-state index contributed by atoms with van der Waals surface area (Å²) in [5, 5.41) is 3.16. The van der Waals surface area contributed by atoms with Crippen molar-refractivity contribution in [2.75, 3.05) is 39.5 Å². The molecule has 0 saturated carbocycles. The lowest BCUT2D eigenvalue weighted by Gasteiger charge is -2.10. The number of hydrogen-bond donors (Lipinski definition) is 1. The highest BCUT2D eigenvalue weighted by Crippen LogP contribution is 1.90. The summed E-state index contributed by atoms with van der Waals surface area (Å²) >= 11 is 0. The van der Waals surface area contributed by atoms with Gasteiger partial charge in [-0.1, -0.05) is 0 Å². The van der Waals surface area contributed by atoms with Crippen molar-refractivity contribution in [2.24, 2.45) is 0 Å². The molecule has 0 aromatic heterocycles. The molecule has 0 aromatic rings. The highest BCUT2D eigenvalue weighted by Gasteiger charge is 1.94. The second-order valence-electron chi connectivity index (χ2n) is 2.84. The molecule has 1 heterocycles. The van der Waals surface area contributed by atoms with E-state index >= 15 is 0 Å². The average Bonchev–Trinajstić information content (AvgIpc) is 2.22. The molecule has 1 rings (SSSR count). The molecule has 0 aromatic carbocycles. The van der Waals surface area contributed by atoms with E-state index in [0.717, 1.165) is 39.5 Å². The Morgan fingerprint density at radius 3 is 1.86 bits per heavy atom. The van der Waals surface area contributed by atoms with E-state index < -0.39 is 0 Å². The number of rotatable bonds is 4. The van der Waals surface area contributed by atoms with E-state index in [1.807, 2.05) is 20.8 Å². The molecule has 0 radical (unpaired) electrons. The van der Waals surface area contributed by atoms with Crippen LogP contribution in [0.4, 0.5) is 0 Å². The molecule has 1 aliphatic rings. The maximum Gasteiger partial charge on any atom is 0.154 e. The van der Waals surface area contributed by atoms with Crippen molar-refractivity contribution in [3.8, 4) is 0 Å². The van der Waals surface area contributed by atoms with Crippen LogP contribution in [0.5, 0.6) is 0 Å². The van der Waals surface area contributed by atoms with E-state index in [9.17, 15) is 0 Å². The zero-order valence-corrected chi connectivity index (χ0v) is 9.54. The largest absolute Gasteiger partial charge is 0.379 e. The lowest BCUT2D eigenvalue weighted by Crippen LogP contribution is -2.30. The third kappa shape index (κ3) is 9.92. The Balaban J connectivity index is 0.000000249. The van der Waals surface area contributed by atoms with Gasteiger partial charge in [0.25, 0.3) is 0 Å². The molecule has 0 amide bonds. The molecule has 0 atom stereocenters. The zero-order chi connectivity index (χ0) is 10.6. The highest BCUT2D eigenvalue weighted by molar-refractivity contribution is 4.49. The van der Waals surface area contributed by atoms with Gasteiger partial charge in [-0.15, -0.1) is 0 Å². The molecular weight excluding hydrogens is 182 g/mol. The molecule has 0 bridgehead atoms. The number of nitrogens with one attached hydrogen (secondary N) is 1. The lowest BCUT2D eigenvalue weighted by molar-refractivity contribution is -0.123. The molecule has 1 aliphatic heterocycles. The van der Waals surface area contributed by atoms with Gasteiger partial charge in [0.1, 0.15) is 0 Å². The zero-order valence-electron chi connectivity index (χ0n) is 9.54. The molecule has 0 unspecified atom stereocenters. The Morgan fingerprint density at radius 1 is 1.14 bits per heavy atom. The van der Waals surface area contributed by atoms with Crippen LogP contribution in [-0.2, 0) is 14.2 Å². The van der Waals surface area contributed by atoms with Gasteiger partial charge in [-0.25, -0.2) is 0 Å². The molecule has 1 saturated heterocycles. The first-order valence-corrected chi connectivity index (χ1v) is 5.32. The van der Waals surface area contributed by atoms with Crippen LogP contribution < -0.4 is 5.32 Å². The molecule has 4 nitrogen and oxygen atoms in total. The fraction of sp³-hybridized carbons (Fsp3) is 1.00. The van der Waals surface area contributed by atoms with Crippen LogP contribution in [0, 0.1) is 0 Å². The Labute approximate surface area is 86.9 Å². The second-order valence-corrected chi connectivity index (χ2v) is 2.84. The fourth-order valence-electron chi connectivity index (χ4n) is 1.03. The summed E-state index contributed by atoms with van der Waals surface area (Å²) in [4.78, 5) is 0. The monoisotopic (exact) mass is 205 g/mol. The summed E-state index contributed by atoms with van der Waals surface area (Å²) in [6.07, 6.45) is -0.0370. The minimum Gasteiger partial charge on any atom is -0.379 e. The molecule has 1 N–H and O–H groups in total. The van der Waals surface area contributed by atoms with Crippen LogP contribution in [0.1, 0.15) is 20.8 Å². The van der Waals surface area contributed by atoms with E-state index in [0.29, 0.717) is 0 Å². The van der Waals surface area contributed by atoms with Crippen LogP contribution >= 0.6 is 0 Å². The number of ether oxygens (including phenoxy) is 3. The summed E-state index contributed by atoms with van der Waals surface area (Å²) in [5.74, 6) is 0. The summed E-state index contributed by atoms with van der Waals surface area (Å²) in [6.45, 7) is 11.1. The van der Waals surface area contributed by atoms with E-state index in [-0.39, 0.29) is 6.29 Å². The van der Waals surface area contributed by atoms with Crippen LogP contribution in [0.2, 0.25) is 0 Å². The second kappa shape index (κ2) is 10.9. The Morgan fingerprint density at radius 2 is 1.64 bits per heavy atom. The fourth-order valence-corrected chi connectivity index (χ4v) is 1.03. The summed E-state index contributed by atoms with van der Waals surface area (Å²) in [5.41, 5.74) is 0. The standard InChI is InChI=1S/C6H14O2.C4H9NO/c1-4-7-6(3)8-5-2;1-3-6-4-2-5-1/h6H,4-5H2,1-3H3;5H,1-4H2. The summed E-state index contributed by atoms with van der Waals surface area (Å²) in [7, 11) is 0. The van der Waals surface area contributed by atoms with Gasteiger partial charge >= 0.3 is 0 Å². The molecule has 1 fully saturated rings. The molecule has 4 heteroatoms. The van der Waals surface area contributed by atoms with Gasteiger partial charge in [0, 0.05) is 26.3 Å². The first-order valence-electron chi connectivity index (χ1n) is 5.32. The minimum atomic E-state index is -0.0370. The van der Waals surface area contributed by atoms with Crippen molar-refractivity contribution < 1.29 is 14.2 Å². The van der Waals surface area contributed by atoms with E-state index in [1.165, 1.54) is 0 Å². The average molecular weight is 205 g/mol. The van der Waals surface area contributed by atoms with Crippen LogP contribution in [-0.4, -0.2) is 45.8 Å². The van der Waals surface area contributed by atoms with Crippen molar-refractivity contribution in [2.45, 2.75) is 27.1 Å². The SMILES string of the molecule is C1COCCN1.CCOC(C)OCC. The van der Waals surface area contributed by atoms with Gasteiger partial charge in [-0.3, -0.25) is 0 Å². The van der Waals surface area contributed by atoms with Crippen molar-refractivity contribution in [3.63, 3.8) is 0 Å². The van der Waals surface area contributed by atoms with Crippen molar-refractivity contribution in [1.29, 1.82) is 0 Å². The predicted molar refractivity (Wildman–Crippen MR) is 56.4 cm³/mol. The lowest BCUT2D eigenvalue weighted by atomic mass is 10.5. The first kappa shape index (κ1) is 13.8. The van der Waals surface area contributed by atoms with Gasteiger partial charge in [-0.2, -0.15) is 0 Å². The maximum absolute atomic E-state index is 5.06. The Kier molecular flexibility index (Phi) is 10.8. The van der Waals surface area contributed by atoms with Crippen molar-refractivity contribution in [1.82, 2.24) is 5.32 Å². The quantitative estimate of drug-likeness (QED) is 0.695. The van der Waals surface area contributed by atoms with Crippen molar-refractivity contribution in [3.05, 3.63) is 0 Å². The minimum absolute atomic E-state index is 0.0370. The predicted octanol–water partition coefficient (Wildman–Crippen LogP) is 1.01. The van der Waals surface area contributed by atoms with Gasteiger partial charge in [0.15, 0.2) is 6.29 Å². The first-order chi connectivity index (χ1) is 6.81. The van der Waals surface area contributed by atoms with Gasteiger partial charge in [-0.05, 0) is 20.8 Å². The van der Waals surface area contributed by atoms with Crippen LogP contribution in [0.3, 0.4) is 0 Å². The molecule has 0 spiro atoms. The van der Waals surface area contributed by atoms with Gasteiger partial charge in [0.05, 0.1) is 13.2 Å². The number of morpholine rings is 1. The van der Waals surface area contributed by atoms with E-state index in [2.05, 4.69) is 5.32 Å². The topological polar surface area (TPSA) is 39.7 Å². The van der Waals surface area contributed by atoms with Gasteiger partial charge in [0.2, 0.25) is 0 Å². The van der Waals surface area contributed by atoms with Crippen LogP contribution in [0.25, 0.3) is 0 Å². The molecule has 86 valence electrons. The van der Waals surface area contributed by atoms with Crippen LogP contribution in [0.15, 0.2) is 0 Å². The summed E-state index contributed by atoms with van der Waals surface area (Å²) < 4.78 is 15.1. The smallest absolute Gasteiger partial charge is 0.154 e. The third-order valence-electron chi connectivity index (χ3n) is 1.65. The molecular formula is C10H23NO3. The maximum atomic E-state index is 5.06. The van der Waals surface area contributed by atoms with Gasteiger partial charge < -0.3 is 19.5 Å². The Hall–Kier alpha value is -0.160. The van der Waals surface area contributed by atoms with Crippen molar-refractivity contribution >= 4 is 0 Å².